The lowest BCUT2D eigenvalue weighted by Gasteiger charge is -2.21. The maximum atomic E-state index is 12.0. The minimum Gasteiger partial charge on any atom is -0.463 e. The van der Waals surface area contributed by atoms with Gasteiger partial charge >= 0.3 is 5.97 Å². The van der Waals surface area contributed by atoms with Crippen molar-refractivity contribution < 1.29 is 23.7 Å². The van der Waals surface area contributed by atoms with Crippen LogP contribution in [0.5, 0.6) is 0 Å². The van der Waals surface area contributed by atoms with E-state index in [0.717, 1.165) is 5.56 Å². The van der Waals surface area contributed by atoms with Gasteiger partial charge in [0, 0.05) is 12.5 Å². The van der Waals surface area contributed by atoms with Gasteiger partial charge in [0.1, 0.15) is 24.9 Å². The summed E-state index contributed by atoms with van der Waals surface area (Å²) in [5.74, 6) is -0.409. The summed E-state index contributed by atoms with van der Waals surface area (Å²) in [5.41, 5.74) is 1.11. The zero-order chi connectivity index (χ0) is 20.0. The maximum Gasteiger partial charge on any atom is 0.302 e. The number of ether oxygens (including phenoxy) is 4. The molecule has 2 saturated heterocycles. The molecule has 0 aliphatic carbocycles. The third kappa shape index (κ3) is 3.11. The number of rotatable bonds is 4. The average Bonchev–Trinajstić information content (AvgIpc) is 3.41. The van der Waals surface area contributed by atoms with Crippen LogP contribution in [-0.4, -0.2) is 50.4 Å². The molecule has 0 radical (unpaired) electrons. The molecule has 10 nitrogen and oxygen atoms in total. The lowest BCUT2D eigenvalue weighted by molar-refractivity contribution is -0.165. The van der Waals surface area contributed by atoms with Crippen LogP contribution in [-0.2, 0) is 23.7 Å². The van der Waals surface area contributed by atoms with Crippen molar-refractivity contribution in [3.05, 3.63) is 58.9 Å². The molecule has 0 unspecified atom stereocenters. The minimum atomic E-state index is -0.645. The molecule has 1 N–H and O–H groups in total. The Hall–Kier alpha value is -3.08. The van der Waals surface area contributed by atoms with Gasteiger partial charge in [0.05, 0.1) is 12.7 Å². The lowest BCUT2D eigenvalue weighted by atomic mass is 10.1. The normalized spacial score (nSPS) is 28.5. The predicted molar refractivity (Wildman–Crippen MR) is 97.6 cm³/mol. The first-order valence-corrected chi connectivity index (χ1v) is 9.17. The van der Waals surface area contributed by atoms with Crippen molar-refractivity contribution >= 4 is 17.1 Å². The highest BCUT2D eigenvalue weighted by molar-refractivity contribution is 5.69. The van der Waals surface area contributed by atoms with Gasteiger partial charge in [0.2, 0.25) is 0 Å². The average molecular weight is 398 g/mol. The first-order chi connectivity index (χ1) is 14.1. The van der Waals surface area contributed by atoms with Crippen LogP contribution in [0.3, 0.4) is 0 Å². The molecule has 4 heterocycles. The van der Waals surface area contributed by atoms with Crippen molar-refractivity contribution in [3.63, 3.8) is 0 Å². The Balaban J connectivity index is 1.49. The van der Waals surface area contributed by atoms with Crippen LogP contribution >= 0.6 is 0 Å². The summed E-state index contributed by atoms with van der Waals surface area (Å²) in [6.07, 6.45) is 0.0642. The molecule has 0 saturated carbocycles. The molecule has 150 valence electrons. The van der Waals surface area contributed by atoms with Crippen LogP contribution in [0.4, 0.5) is 0 Å². The number of imidazole rings is 1. The Morgan fingerprint density at radius 3 is 2.76 bits per heavy atom. The molecule has 10 heteroatoms. The van der Waals surface area contributed by atoms with Gasteiger partial charge in [-0.3, -0.25) is 14.2 Å². The van der Waals surface area contributed by atoms with E-state index >= 15 is 0 Å². The fourth-order valence-electron chi connectivity index (χ4n) is 3.71. The number of nitrogens with zero attached hydrogens (tertiary/aromatic N) is 3. The molecule has 0 spiro atoms. The molecule has 2 aliphatic rings. The van der Waals surface area contributed by atoms with Gasteiger partial charge in [-0.1, -0.05) is 30.3 Å². The molecule has 0 amide bonds. The number of hydrogen-bond acceptors (Lipinski definition) is 8. The zero-order valence-corrected chi connectivity index (χ0v) is 15.4. The molecule has 5 atom stereocenters. The molecule has 3 aromatic rings. The highest BCUT2D eigenvalue weighted by atomic mass is 16.8. The van der Waals surface area contributed by atoms with Crippen molar-refractivity contribution in [2.24, 2.45) is 0 Å². The van der Waals surface area contributed by atoms with E-state index in [-0.39, 0.29) is 17.7 Å². The van der Waals surface area contributed by atoms with Crippen molar-refractivity contribution in [3.8, 4) is 0 Å². The van der Waals surface area contributed by atoms with Gasteiger partial charge in [-0.05, 0) is 0 Å². The smallest absolute Gasteiger partial charge is 0.302 e. The molecular formula is C19H18N4O6. The maximum absolute atomic E-state index is 12.0. The Morgan fingerprint density at radius 2 is 1.97 bits per heavy atom. The second kappa shape index (κ2) is 7.07. The van der Waals surface area contributed by atoms with Crippen molar-refractivity contribution in [1.82, 2.24) is 19.5 Å². The molecule has 2 aromatic heterocycles. The van der Waals surface area contributed by atoms with Crippen LogP contribution in [0.2, 0.25) is 0 Å². The van der Waals surface area contributed by atoms with E-state index in [1.807, 2.05) is 30.3 Å². The quantitative estimate of drug-likeness (QED) is 0.649. The highest BCUT2D eigenvalue weighted by Gasteiger charge is 2.54. The molecule has 29 heavy (non-hydrogen) atoms. The standard InChI is InChI=1S/C19H18N4O6/c1-10(24)26-7-12-14-15(29-19(28-14)11-5-3-2-4-6-11)18(27-12)23-9-22-13-16(23)20-8-21-17(13)25/h2-6,8-9,12,14-15,18-19H,7H2,1H3,(H,20,21,25)/t12-,14-,15-,18-,19-/m1/s1. The molecule has 1 aromatic carbocycles. The SMILES string of the molecule is CC(=O)OC[C@H]1O[C@@H](n2cnc3c(=O)[nH]cnc32)[C@@H]2O[C@H](c3ccccc3)O[C@@H]21. The van der Waals surface area contributed by atoms with E-state index < -0.39 is 36.8 Å². The Bertz CT molecular complexity index is 1100. The summed E-state index contributed by atoms with van der Waals surface area (Å²) >= 11 is 0. The van der Waals surface area contributed by atoms with Gasteiger partial charge in [0.15, 0.2) is 23.7 Å². The summed E-state index contributed by atoms with van der Waals surface area (Å²) in [7, 11) is 0. The van der Waals surface area contributed by atoms with Gasteiger partial charge in [-0.15, -0.1) is 0 Å². The minimum absolute atomic E-state index is 0.0263. The Morgan fingerprint density at radius 1 is 1.17 bits per heavy atom. The van der Waals surface area contributed by atoms with Crippen LogP contribution < -0.4 is 5.56 Å². The van der Waals surface area contributed by atoms with Gasteiger partial charge in [-0.25, -0.2) is 9.97 Å². The molecule has 2 aliphatic heterocycles. The van der Waals surface area contributed by atoms with Gasteiger partial charge < -0.3 is 23.9 Å². The number of esters is 1. The van der Waals surface area contributed by atoms with E-state index in [4.69, 9.17) is 18.9 Å². The number of aromatic nitrogens is 4. The van der Waals surface area contributed by atoms with E-state index in [0.29, 0.717) is 5.65 Å². The van der Waals surface area contributed by atoms with Crippen LogP contribution in [0.1, 0.15) is 25.0 Å². The highest BCUT2D eigenvalue weighted by Crippen LogP contribution is 2.44. The van der Waals surface area contributed by atoms with Gasteiger partial charge in [0.25, 0.3) is 5.56 Å². The number of nitrogens with one attached hydrogen (secondary N) is 1. The predicted octanol–water partition coefficient (Wildman–Crippen LogP) is 1.06. The second-order valence-electron chi connectivity index (χ2n) is 6.87. The first kappa shape index (κ1) is 18.0. The first-order valence-electron chi connectivity index (χ1n) is 9.17. The summed E-state index contributed by atoms with van der Waals surface area (Å²) in [6.45, 7) is 1.36. The second-order valence-corrected chi connectivity index (χ2v) is 6.87. The number of H-pyrrole nitrogens is 1. The topological polar surface area (TPSA) is 118 Å². The summed E-state index contributed by atoms with van der Waals surface area (Å²) in [4.78, 5) is 34.1. The van der Waals surface area contributed by atoms with E-state index in [1.54, 1.807) is 4.57 Å². The summed E-state index contributed by atoms with van der Waals surface area (Å²) in [5, 5.41) is 0. The molecule has 2 fully saturated rings. The largest absolute Gasteiger partial charge is 0.463 e. The molecular weight excluding hydrogens is 380 g/mol. The van der Waals surface area contributed by atoms with Crippen molar-refractivity contribution in [1.29, 1.82) is 0 Å². The van der Waals surface area contributed by atoms with Crippen LogP contribution in [0.15, 0.2) is 47.8 Å². The number of hydrogen-bond donors (Lipinski definition) is 1. The van der Waals surface area contributed by atoms with E-state index in [2.05, 4.69) is 15.0 Å². The fourth-order valence-corrected chi connectivity index (χ4v) is 3.71. The van der Waals surface area contributed by atoms with Crippen molar-refractivity contribution in [2.45, 2.75) is 37.8 Å². The molecule has 5 rings (SSSR count). The van der Waals surface area contributed by atoms with E-state index in [9.17, 15) is 9.59 Å². The summed E-state index contributed by atoms with van der Waals surface area (Å²) < 4.78 is 25.2. The van der Waals surface area contributed by atoms with Crippen molar-refractivity contribution in [2.75, 3.05) is 6.61 Å². The van der Waals surface area contributed by atoms with Crippen LogP contribution in [0.25, 0.3) is 11.2 Å². The summed E-state index contributed by atoms with van der Waals surface area (Å²) in [6, 6.07) is 9.54. The number of fused-ring (bicyclic) bond motifs is 2. The number of carbonyl (C=O) groups excluding carboxylic acids is 1. The lowest BCUT2D eigenvalue weighted by Crippen LogP contribution is -2.32. The third-order valence-corrected chi connectivity index (χ3v) is 5.01. The van der Waals surface area contributed by atoms with E-state index in [1.165, 1.54) is 19.6 Å². The third-order valence-electron chi connectivity index (χ3n) is 5.01. The van der Waals surface area contributed by atoms with Crippen LogP contribution in [0, 0.1) is 0 Å². The monoisotopic (exact) mass is 398 g/mol. The van der Waals surface area contributed by atoms with Gasteiger partial charge in [-0.2, -0.15) is 0 Å². The Kier molecular flexibility index (Phi) is 4.38. The zero-order valence-electron chi connectivity index (χ0n) is 15.4. The molecule has 0 bridgehead atoms. The number of carbonyl (C=O) groups is 1. The number of benzene rings is 1. The number of aromatic amines is 1. The fraction of sp³-hybridized carbons (Fsp3) is 0.368. The Labute approximate surface area is 164 Å².